The number of carbonyl (C=O) groups excluding carboxylic acids is 1. The molecule has 2 nitrogen and oxygen atoms in total. The molecule has 1 amide bonds. The summed E-state index contributed by atoms with van der Waals surface area (Å²) in [7, 11) is 0. The fraction of sp³-hybridized carbons (Fsp3) is 0.533. The number of hydrogen-bond acceptors (Lipinski definition) is 1. The first-order chi connectivity index (χ1) is 8.11. The Bertz CT molecular complexity index is 348. The molecule has 0 spiro atoms. The molecule has 0 aliphatic heterocycles. The number of nitrogens with zero attached hydrogens (tertiary/aromatic N) is 1. The highest BCUT2D eigenvalue weighted by Crippen LogP contribution is 2.33. The Hall–Kier alpha value is -1.31. The average molecular weight is 233 g/mol. The Morgan fingerprint density at radius 1 is 1.47 bits per heavy atom. The average Bonchev–Trinajstić information content (AvgIpc) is 3.10. The van der Waals surface area contributed by atoms with Crippen molar-refractivity contribution in [2.24, 2.45) is 5.92 Å². The SMILES string of the molecule is C=C(C)/C(=C\C=C/C)N(CCC)C(=O)C1CC1. The molecule has 0 aromatic heterocycles. The van der Waals surface area contributed by atoms with Gasteiger partial charge >= 0.3 is 0 Å². The van der Waals surface area contributed by atoms with E-state index in [-0.39, 0.29) is 11.8 Å². The summed E-state index contributed by atoms with van der Waals surface area (Å²) < 4.78 is 0. The van der Waals surface area contributed by atoms with Crippen LogP contribution in [0.15, 0.2) is 36.1 Å². The van der Waals surface area contributed by atoms with Gasteiger partial charge < -0.3 is 4.90 Å². The van der Waals surface area contributed by atoms with Gasteiger partial charge in [-0.2, -0.15) is 0 Å². The van der Waals surface area contributed by atoms with Gasteiger partial charge in [0, 0.05) is 18.2 Å². The maximum absolute atomic E-state index is 12.2. The van der Waals surface area contributed by atoms with Crippen LogP contribution < -0.4 is 0 Å². The summed E-state index contributed by atoms with van der Waals surface area (Å²) in [5, 5.41) is 0. The normalized spacial score (nSPS) is 16.3. The van der Waals surface area contributed by atoms with Gasteiger partial charge in [0.05, 0.1) is 0 Å². The van der Waals surface area contributed by atoms with E-state index in [2.05, 4.69) is 13.5 Å². The molecule has 0 N–H and O–H groups in total. The predicted octanol–water partition coefficient (Wildman–Crippen LogP) is 3.67. The molecule has 0 radical (unpaired) electrons. The van der Waals surface area contributed by atoms with Gasteiger partial charge in [0.1, 0.15) is 0 Å². The van der Waals surface area contributed by atoms with Crippen molar-refractivity contribution in [2.45, 2.75) is 40.0 Å². The Balaban J connectivity index is 2.91. The van der Waals surface area contributed by atoms with Gasteiger partial charge in [0.2, 0.25) is 5.91 Å². The van der Waals surface area contributed by atoms with Gasteiger partial charge in [-0.05, 0) is 44.8 Å². The molecule has 0 aromatic carbocycles. The Labute approximate surface area is 105 Å². The van der Waals surface area contributed by atoms with Crippen LogP contribution in [0.4, 0.5) is 0 Å². The van der Waals surface area contributed by atoms with Crippen molar-refractivity contribution in [3.8, 4) is 0 Å². The quantitative estimate of drug-likeness (QED) is 0.641. The zero-order chi connectivity index (χ0) is 12.8. The van der Waals surface area contributed by atoms with Gasteiger partial charge in [-0.15, -0.1) is 0 Å². The second kappa shape index (κ2) is 6.43. The smallest absolute Gasteiger partial charge is 0.230 e. The highest BCUT2D eigenvalue weighted by atomic mass is 16.2. The molecule has 0 saturated heterocycles. The zero-order valence-electron chi connectivity index (χ0n) is 11.2. The molecule has 94 valence electrons. The van der Waals surface area contributed by atoms with Crippen molar-refractivity contribution < 1.29 is 4.79 Å². The summed E-state index contributed by atoms with van der Waals surface area (Å²) in [6.07, 6.45) is 8.98. The van der Waals surface area contributed by atoms with Gasteiger partial charge in [0.25, 0.3) is 0 Å². The third-order valence-corrected chi connectivity index (χ3v) is 2.81. The lowest BCUT2D eigenvalue weighted by atomic mass is 10.1. The highest BCUT2D eigenvalue weighted by molar-refractivity contribution is 5.83. The molecule has 1 aliphatic rings. The summed E-state index contributed by atoms with van der Waals surface area (Å²) in [5.74, 6) is 0.528. The van der Waals surface area contributed by atoms with Crippen molar-refractivity contribution in [3.05, 3.63) is 36.1 Å². The lowest BCUT2D eigenvalue weighted by Gasteiger charge is -2.25. The monoisotopic (exact) mass is 233 g/mol. The van der Waals surface area contributed by atoms with E-state index < -0.39 is 0 Å². The van der Waals surface area contributed by atoms with Crippen LogP contribution >= 0.6 is 0 Å². The molecule has 1 fully saturated rings. The molecule has 1 aliphatic carbocycles. The van der Waals surface area contributed by atoms with E-state index in [9.17, 15) is 4.79 Å². The van der Waals surface area contributed by atoms with Crippen LogP contribution in [0.1, 0.15) is 40.0 Å². The fourth-order valence-electron chi connectivity index (χ4n) is 1.77. The van der Waals surface area contributed by atoms with Gasteiger partial charge in [-0.1, -0.05) is 25.7 Å². The fourth-order valence-corrected chi connectivity index (χ4v) is 1.77. The largest absolute Gasteiger partial charge is 0.312 e. The van der Waals surface area contributed by atoms with Gasteiger partial charge in [0.15, 0.2) is 0 Å². The van der Waals surface area contributed by atoms with Crippen LogP contribution in [-0.4, -0.2) is 17.4 Å². The molecule has 0 aromatic rings. The topological polar surface area (TPSA) is 20.3 Å². The third kappa shape index (κ3) is 3.88. The van der Waals surface area contributed by atoms with E-state index in [0.29, 0.717) is 0 Å². The second-order valence-electron chi connectivity index (χ2n) is 4.62. The van der Waals surface area contributed by atoms with Crippen LogP contribution in [0.5, 0.6) is 0 Å². The van der Waals surface area contributed by atoms with Crippen molar-refractivity contribution in [3.63, 3.8) is 0 Å². The minimum atomic E-state index is 0.259. The standard InChI is InChI=1S/C15H23NO/c1-5-7-8-14(12(3)4)16(11-6-2)15(17)13-9-10-13/h5,7-8,13H,3,6,9-11H2,1-2,4H3/b7-5-,14-8+. The van der Waals surface area contributed by atoms with Crippen LogP contribution in [0, 0.1) is 5.92 Å². The molecule has 0 atom stereocenters. The van der Waals surface area contributed by atoms with E-state index in [1.807, 2.05) is 37.0 Å². The van der Waals surface area contributed by atoms with Crippen molar-refractivity contribution in [2.75, 3.05) is 6.54 Å². The number of amides is 1. The molecule has 17 heavy (non-hydrogen) atoms. The molecular formula is C15H23NO. The van der Waals surface area contributed by atoms with Gasteiger partial charge in [-0.25, -0.2) is 0 Å². The number of allylic oxidation sites excluding steroid dienone is 4. The van der Waals surface area contributed by atoms with E-state index >= 15 is 0 Å². The van der Waals surface area contributed by atoms with Crippen molar-refractivity contribution in [1.82, 2.24) is 4.90 Å². The Kier molecular flexibility index (Phi) is 5.20. The predicted molar refractivity (Wildman–Crippen MR) is 72.4 cm³/mol. The summed E-state index contributed by atoms with van der Waals surface area (Å²) in [5.41, 5.74) is 1.91. The molecular weight excluding hydrogens is 210 g/mol. The summed E-state index contributed by atoms with van der Waals surface area (Å²) in [4.78, 5) is 14.1. The van der Waals surface area contributed by atoms with Crippen molar-refractivity contribution in [1.29, 1.82) is 0 Å². The maximum atomic E-state index is 12.2. The zero-order valence-corrected chi connectivity index (χ0v) is 11.2. The van der Waals surface area contributed by atoms with Gasteiger partial charge in [-0.3, -0.25) is 4.79 Å². The highest BCUT2D eigenvalue weighted by Gasteiger charge is 2.34. The Morgan fingerprint density at radius 2 is 2.12 bits per heavy atom. The molecule has 2 heteroatoms. The summed E-state index contributed by atoms with van der Waals surface area (Å²) >= 11 is 0. The first kappa shape index (κ1) is 13.8. The number of rotatable bonds is 6. The Morgan fingerprint density at radius 3 is 2.53 bits per heavy atom. The molecule has 1 rings (SSSR count). The van der Waals surface area contributed by atoms with Crippen molar-refractivity contribution >= 4 is 5.91 Å². The second-order valence-corrected chi connectivity index (χ2v) is 4.62. The maximum Gasteiger partial charge on any atom is 0.230 e. The van der Waals surface area contributed by atoms with E-state index in [4.69, 9.17) is 0 Å². The lowest BCUT2D eigenvalue weighted by Crippen LogP contribution is -2.32. The summed E-state index contributed by atoms with van der Waals surface area (Å²) in [6, 6.07) is 0. The lowest BCUT2D eigenvalue weighted by molar-refractivity contribution is -0.130. The number of carbonyl (C=O) groups is 1. The van der Waals surface area contributed by atoms with E-state index in [0.717, 1.165) is 37.1 Å². The molecule has 1 saturated carbocycles. The first-order valence-electron chi connectivity index (χ1n) is 6.42. The van der Waals surface area contributed by atoms with E-state index in [1.54, 1.807) is 0 Å². The first-order valence-corrected chi connectivity index (χ1v) is 6.42. The number of hydrogen-bond donors (Lipinski definition) is 0. The van der Waals surface area contributed by atoms with Crippen LogP contribution in [0.3, 0.4) is 0 Å². The van der Waals surface area contributed by atoms with E-state index in [1.165, 1.54) is 0 Å². The third-order valence-electron chi connectivity index (χ3n) is 2.81. The molecule has 0 heterocycles. The van der Waals surface area contributed by atoms with Crippen LogP contribution in [-0.2, 0) is 4.79 Å². The van der Waals surface area contributed by atoms with Crippen LogP contribution in [0.2, 0.25) is 0 Å². The summed E-state index contributed by atoms with van der Waals surface area (Å²) in [6.45, 7) is 10.8. The minimum Gasteiger partial charge on any atom is -0.312 e. The van der Waals surface area contributed by atoms with Crippen LogP contribution in [0.25, 0.3) is 0 Å². The molecule has 0 unspecified atom stereocenters. The molecule has 0 bridgehead atoms. The minimum absolute atomic E-state index is 0.259.